The predicted octanol–water partition coefficient (Wildman–Crippen LogP) is 1.56. The summed E-state index contributed by atoms with van der Waals surface area (Å²) < 4.78 is 5.90. The number of hydrogen-bond acceptors (Lipinski definition) is 5. The van der Waals surface area contributed by atoms with Gasteiger partial charge in [-0.05, 0) is 25.0 Å². The molecule has 3 heterocycles. The van der Waals surface area contributed by atoms with Gasteiger partial charge in [0.2, 0.25) is 0 Å². The fraction of sp³-hybridized carbons (Fsp3) is 0.333. The van der Waals surface area contributed by atoms with E-state index in [-0.39, 0.29) is 12.0 Å². The minimum atomic E-state index is -0.0915. The number of nitrogens with zero attached hydrogens (tertiary/aromatic N) is 4. The first-order valence-corrected chi connectivity index (χ1v) is 6.95. The number of likely N-dealkylation sites (tertiary alicyclic amines) is 1. The predicted molar refractivity (Wildman–Crippen MR) is 75.8 cm³/mol. The number of amides is 1. The van der Waals surface area contributed by atoms with Gasteiger partial charge in [-0.25, -0.2) is 4.98 Å². The Bertz CT molecular complexity index is 591. The molecule has 0 aliphatic carbocycles. The van der Waals surface area contributed by atoms with Crippen molar-refractivity contribution in [1.82, 2.24) is 19.9 Å². The Morgan fingerprint density at radius 2 is 2.05 bits per heavy atom. The van der Waals surface area contributed by atoms with Crippen molar-refractivity contribution in [3.05, 3.63) is 48.8 Å². The first-order valence-electron chi connectivity index (χ1n) is 6.95. The Balaban J connectivity index is 1.64. The molecule has 1 saturated heterocycles. The zero-order valence-electron chi connectivity index (χ0n) is 11.6. The van der Waals surface area contributed by atoms with Crippen LogP contribution >= 0.6 is 0 Å². The molecule has 1 atom stereocenters. The standard InChI is InChI=1S/C15H16N4O2/c20-15(14-10-17-7-8-18-14)19-9-1-2-13(11-19)21-12-3-5-16-6-4-12/h3-8,10,13H,1-2,9,11H2. The molecule has 1 unspecified atom stereocenters. The van der Waals surface area contributed by atoms with Gasteiger partial charge in [-0.3, -0.25) is 14.8 Å². The maximum atomic E-state index is 12.4. The Hall–Kier alpha value is -2.50. The van der Waals surface area contributed by atoms with Gasteiger partial charge < -0.3 is 9.64 Å². The second-order valence-electron chi connectivity index (χ2n) is 4.91. The molecule has 21 heavy (non-hydrogen) atoms. The van der Waals surface area contributed by atoms with Gasteiger partial charge in [0, 0.05) is 31.3 Å². The lowest BCUT2D eigenvalue weighted by Crippen LogP contribution is -2.44. The van der Waals surface area contributed by atoms with Gasteiger partial charge in [0.25, 0.3) is 5.91 Å². The highest BCUT2D eigenvalue weighted by atomic mass is 16.5. The van der Waals surface area contributed by atoms with Crippen molar-refractivity contribution in [2.75, 3.05) is 13.1 Å². The second-order valence-corrected chi connectivity index (χ2v) is 4.91. The van der Waals surface area contributed by atoms with Crippen LogP contribution < -0.4 is 4.74 Å². The SMILES string of the molecule is O=C(c1cnccn1)N1CCCC(Oc2ccncc2)C1. The number of carbonyl (C=O) groups excluding carboxylic acids is 1. The normalized spacial score (nSPS) is 18.3. The van der Waals surface area contributed by atoms with Crippen LogP contribution in [-0.2, 0) is 0 Å². The monoisotopic (exact) mass is 284 g/mol. The van der Waals surface area contributed by atoms with Gasteiger partial charge in [0.15, 0.2) is 0 Å². The van der Waals surface area contributed by atoms with Crippen LogP contribution in [0.3, 0.4) is 0 Å². The minimum absolute atomic E-state index is 0.00164. The number of carbonyl (C=O) groups is 1. The molecule has 1 aliphatic heterocycles. The summed E-state index contributed by atoms with van der Waals surface area (Å²) in [5.74, 6) is 0.690. The molecule has 0 spiro atoms. The highest BCUT2D eigenvalue weighted by Crippen LogP contribution is 2.18. The van der Waals surface area contributed by atoms with Gasteiger partial charge in [-0.15, -0.1) is 0 Å². The van der Waals surface area contributed by atoms with Gasteiger partial charge in [-0.1, -0.05) is 0 Å². The van der Waals surface area contributed by atoms with Crippen LogP contribution in [0.15, 0.2) is 43.1 Å². The highest BCUT2D eigenvalue weighted by Gasteiger charge is 2.26. The van der Waals surface area contributed by atoms with Gasteiger partial charge in [-0.2, -0.15) is 0 Å². The largest absolute Gasteiger partial charge is 0.488 e. The van der Waals surface area contributed by atoms with Crippen LogP contribution in [0.5, 0.6) is 5.75 Å². The molecule has 0 N–H and O–H groups in total. The smallest absolute Gasteiger partial charge is 0.274 e. The van der Waals surface area contributed by atoms with Crippen molar-refractivity contribution >= 4 is 5.91 Å². The summed E-state index contributed by atoms with van der Waals surface area (Å²) in [4.78, 5) is 26.1. The average Bonchev–Trinajstić information content (AvgIpc) is 2.56. The van der Waals surface area contributed by atoms with Crippen molar-refractivity contribution < 1.29 is 9.53 Å². The van der Waals surface area contributed by atoms with Gasteiger partial charge in [0.1, 0.15) is 17.5 Å². The summed E-state index contributed by atoms with van der Waals surface area (Å²) in [6.07, 6.45) is 9.83. The van der Waals surface area contributed by atoms with Crippen LogP contribution in [0, 0.1) is 0 Å². The first-order chi connectivity index (χ1) is 10.3. The van der Waals surface area contributed by atoms with E-state index in [2.05, 4.69) is 15.0 Å². The molecule has 0 aromatic carbocycles. The molecule has 108 valence electrons. The molecule has 0 bridgehead atoms. The van der Waals surface area contributed by atoms with E-state index in [4.69, 9.17) is 4.74 Å². The summed E-state index contributed by atoms with van der Waals surface area (Å²) in [5.41, 5.74) is 0.377. The molecular formula is C15H16N4O2. The topological polar surface area (TPSA) is 68.2 Å². The molecule has 6 heteroatoms. The van der Waals surface area contributed by atoms with Gasteiger partial charge in [0.05, 0.1) is 12.7 Å². The molecule has 0 saturated carbocycles. The van der Waals surface area contributed by atoms with Crippen LogP contribution in [0.2, 0.25) is 0 Å². The molecule has 1 amide bonds. The lowest BCUT2D eigenvalue weighted by atomic mass is 10.1. The van der Waals surface area contributed by atoms with E-state index in [9.17, 15) is 4.79 Å². The highest BCUT2D eigenvalue weighted by molar-refractivity contribution is 5.92. The minimum Gasteiger partial charge on any atom is -0.488 e. The second kappa shape index (κ2) is 6.30. The molecule has 1 aliphatic rings. The molecule has 0 radical (unpaired) electrons. The number of ether oxygens (including phenoxy) is 1. The summed E-state index contributed by atoms with van der Waals surface area (Å²) in [6, 6.07) is 3.65. The van der Waals surface area contributed by atoms with Crippen LogP contribution in [-0.4, -0.2) is 45.0 Å². The van der Waals surface area contributed by atoms with E-state index in [1.807, 2.05) is 12.1 Å². The van der Waals surface area contributed by atoms with E-state index in [1.54, 1.807) is 23.5 Å². The Morgan fingerprint density at radius 1 is 1.19 bits per heavy atom. The molecule has 3 rings (SSSR count). The lowest BCUT2D eigenvalue weighted by Gasteiger charge is -2.32. The van der Waals surface area contributed by atoms with Crippen molar-refractivity contribution in [3.63, 3.8) is 0 Å². The fourth-order valence-corrected chi connectivity index (χ4v) is 2.40. The summed E-state index contributed by atoms with van der Waals surface area (Å²) in [5, 5.41) is 0. The van der Waals surface area contributed by atoms with Crippen molar-refractivity contribution in [3.8, 4) is 5.75 Å². The number of aromatic nitrogens is 3. The fourth-order valence-electron chi connectivity index (χ4n) is 2.40. The maximum Gasteiger partial charge on any atom is 0.274 e. The van der Waals surface area contributed by atoms with Crippen molar-refractivity contribution in [2.24, 2.45) is 0 Å². The summed E-state index contributed by atoms with van der Waals surface area (Å²) in [6.45, 7) is 1.29. The van der Waals surface area contributed by atoms with Crippen LogP contribution in [0.25, 0.3) is 0 Å². The lowest BCUT2D eigenvalue weighted by molar-refractivity contribution is 0.0532. The number of piperidine rings is 1. The average molecular weight is 284 g/mol. The van der Waals surface area contributed by atoms with E-state index >= 15 is 0 Å². The third kappa shape index (κ3) is 3.34. The molecule has 2 aromatic rings. The summed E-state index contributed by atoms with van der Waals surface area (Å²) >= 11 is 0. The molecule has 1 fully saturated rings. The third-order valence-corrected chi connectivity index (χ3v) is 3.40. The first kappa shape index (κ1) is 13.5. The zero-order chi connectivity index (χ0) is 14.5. The Morgan fingerprint density at radius 3 is 2.81 bits per heavy atom. The molecular weight excluding hydrogens is 268 g/mol. The number of pyridine rings is 1. The maximum absolute atomic E-state index is 12.4. The van der Waals surface area contributed by atoms with Crippen LogP contribution in [0.1, 0.15) is 23.3 Å². The van der Waals surface area contributed by atoms with Crippen molar-refractivity contribution in [1.29, 1.82) is 0 Å². The van der Waals surface area contributed by atoms with E-state index < -0.39 is 0 Å². The Kier molecular flexibility index (Phi) is 4.04. The molecule has 6 nitrogen and oxygen atoms in total. The van der Waals surface area contributed by atoms with Crippen LogP contribution in [0.4, 0.5) is 0 Å². The summed E-state index contributed by atoms with van der Waals surface area (Å²) in [7, 11) is 0. The number of rotatable bonds is 3. The van der Waals surface area contributed by atoms with E-state index in [0.29, 0.717) is 12.2 Å². The quantitative estimate of drug-likeness (QED) is 0.855. The van der Waals surface area contributed by atoms with Crippen molar-refractivity contribution in [2.45, 2.75) is 18.9 Å². The third-order valence-electron chi connectivity index (χ3n) is 3.40. The number of hydrogen-bond donors (Lipinski definition) is 0. The van der Waals surface area contributed by atoms with E-state index in [1.165, 1.54) is 12.4 Å². The molecule has 2 aromatic heterocycles. The Labute approximate surface area is 122 Å². The van der Waals surface area contributed by atoms with E-state index in [0.717, 1.165) is 25.1 Å². The van der Waals surface area contributed by atoms with Gasteiger partial charge >= 0.3 is 0 Å². The zero-order valence-corrected chi connectivity index (χ0v) is 11.6.